The maximum absolute atomic E-state index is 6.06. The van der Waals surface area contributed by atoms with Crippen LogP contribution in [0, 0.1) is 11.8 Å². The molecule has 0 aromatic carbocycles. The monoisotopic (exact) mass is 248 g/mol. The first-order chi connectivity index (χ1) is 8.69. The van der Waals surface area contributed by atoms with Gasteiger partial charge in [0.05, 0.1) is 24.2 Å². The molecule has 1 aromatic rings. The average Bonchev–Trinajstić information content (AvgIpc) is 2.35. The van der Waals surface area contributed by atoms with Gasteiger partial charge in [0.25, 0.3) is 0 Å². The Morgan fingerprint density at radius 1 is 1.28 bits per heavy atom. The lowest BCUT2D eigenvalue weighted by Gasteiger charge is -2.32. The van der Waals surface area contributed by atoms with E-state index in [4.69, 9.17) is 4.74 Å². The highest BCUT2D eigenvalue weighted by Gasteiger charge is 2.25. The van der Waals surface area contributed by atoms with Crippen LogP contribution in [-0.2, 0) is 0 Å². The molecule has 1 aliphatic rings. The second kappa shape index (κ2) is 6.07. The molecule has 18 heavy (non-hydrogen) atoms. The summed E-state index contributed by atoms with van der Waals surface area (Å²) in [4.78, 5) is 4.22. The zero-order valence-electron chi connectivity index (χ0n) is 11.6. The van der Waals surface area contributed by atoms with Crippen molar-refractivity contribution in [3.63, 3.8) is 0 Å². The van der Waals surface area contributed by atoms with E-state index in [2.05, 4.69) is 31.1 Å². The van der Waals surface area contributed by atoms with E-state index in [-0.39, 0.29) is 0 Å². The molecule has 0 bridgehead atoms. The van der Waals surface area contributed by atoms with E-state index in [1.807, 2.05) is 18.5 Å². The average molecular weight is 248 g/mol. The number of hydrogen-bond donors (Lipinski definition) is 1. The summed E-state index contributed by atoms with van der Waals surface area (Å²) in [5.74, 6) is 2.48. The quantitative estimate of drug-likeness (QED) is 0.882. The fraction of sp³-hybridized carbons (Fsp3) is 0.667. The van der Waals surface area contributed by atoms with Crippen molar-refractivity contribution in [3.05, 3.63) is 18.5 Å². The molecule has 3 nitrogen and oxygen atoms in total. The fourth-order valence-electron chi connectivity index (χ4n) is 2.58. The van der Waals surface area contributed by atoms with Gasteiger partial charge in [0, 0.05) is 12.6 Å². The van der Waals surface area contributed by atoms with Crippen LogP contribution < -0.4 is 10.1 Å². The number of aromatic nitrogens is 1. The second-order valence-corrected chi connectivity index (χ2v) is 5.45. The van der Waals surface area contributed by atoms with Crippen molar-refractivity contribution in [3.8, 4) is 5.75 Å². The van der Waals surface area contributed by atoms with E-state index in [1.165, 1.54) is 6.42 Å². The van der Waals surface area contributed by atoms with E-state index in [0.717, 1.165) is 42.7 Å². The highest BCUT2D eigenvalue weighted by atomic mass is 16.5. The van der Waals surface area contributed by atoms with Crippen LogP contribution in [0.5, 0.6) is 5.75 Å². The molecule has 1 aromatic heterocycles. The predicted octanol–water partition coefficient (Wildman–Crippen LogP) is 3.72. The van der Waals surface area contributed by atoms with E-state index < -0.39 is 0 Å². The fourth-order valence-corrected chi connectivity index (χ4v) is 2.58. The SMILES string of the molecule is CCNc1cncc(OC2CCC(C)C(C)C2)c1. The van der Waals surface area contributed by atoms with Gasteiger partial charge in [0.1, 0.15) is 5.75 Å². The molecule has 0 saturated heterocycles. The minimum Gasteiger partial charge on any atom is -0.489 e. The van der Waals surface area contributed by atoms with Gasteiger partial charge in [-0.2, -0.15) is 0 Å². The Balaban J connectivity index is 1.94. The maximum atomic E-state index is 6.06. The number of hydrogen-bond acceptors (Lipinski definition) is 3. The maximum Gasteiger partial charge on any atom is 0.140 e. The summed E-state index contributed by atoms with van der Waals surface area (Å²) in [7, 11) is 0. The van der Waals surface area contributed by atoms with E-state index in [1.54, 1.807) is 0 Å². The van der Waals surface area contributed by atoms with Crippen LogP contribution in [-0.4, -0.2) is 17.6 Å². The molecule has 1 N–H and O–H groups in total. The van der Waals surface area contributed by atoms with Gasteiger partial charge in [0.2, 0.25) is 0 Å². The van der Waals surface area contributed by atoms with Gasteiger partial charge < -0.3 is 10.1 Å². The molecule has 1 fully saturated rings. The van der Waals surface area contributed by atoms with Crippen LogP contribution in [0.3, 0.4) is 0 Å². The second-order valence-electron chi connectivity index (χ2n) is 5.45. The van der Waals surface area contributed by atoms with Crippen molar-refractivity contribution in [2.75, 3.05) is 11.9 Å². The first-order valence-corrected chi connectivity index (χ1v) is 7.04. The number of ether oxygens (including phenoxy) is 1. The Bertz CT molecular complexity index is 381. The van der Waals surface area contributed by atoms with Crippen LogP contribution in [0.15, 0.2) is 18.5 Å². The molecule has 1 heterocycles. The first kappa shape index (κ1) is 13.2. The summed E-state index contributed by atoms with van der Waals surface area (Å²) in [6.07, 6.45) is 7.59. The van der Waals surface area contributed by atoms with Gasteiger partial charge in [-0.1, -0.05) is 13.8 Å². The topological polar surface area (TPSA) is 34.2 Å². The summed E-state index contributed by atoms with van der Waals surface area (Å²) in [5.41, 5.74) is 1.03. The summed E-state index contributed by atoms with van der Waals surface area (Å²) in [6, 6.07) is 2.04. The highest BCUT2D eigenvalue weighted by molar-refractivity contribution is 5.44. The van der Waals surface area contributed by atoms with Crippen molar-refractivity contribution in [2.45, 2.75) is 46.1 Å². The Morgan fingerprint density at radius 3 is 2.83 bits per heavy atom. The van der Waals surface area contributed by atoms with Gasteiger partial charge in [-0.05, 0) is 38.0 Å². The van der Waals surface area contributed by atoms with Crippen LogP contribution in [0.2, 0.25) is 0 Å². The largest absolute Gasteiger partial charge is 0.489 e. The highest BCUT2D eigenvalue weighted by Crippen LogP contribution is 2.32. The molecule has 3 atom stereocenters. The number of nitrogens with one attached hydrogen (secondary N) is 1. The van der Waals surface area contributed by atoms with E-state index >= 15 is 0 Å². The molecule has 0 amide bonds. The molecule has 2 rings (SSSR count). The summed E-state index contributed by atoms with van der Waals surface area (Å²) in [6.45, 7) is 7.66. The van der Waals surface area contributed by atoms with Crippen LogP contribution in [0.4, 0.5) is 5.69 Å². The lowest BCUT2D eigenvalue weighted by Crippen LogP contribution is -2.28. The minimum absolute atomic E-state index is 0.356. The van der Waals surface area contributed by atoms with Gasteiger partial charge in [-0.15, -0.1) is 0 Å². The predicted molar refractivity (Wildman–Crippen MR) is 75.0 cm³/mol. The molecule has 0 spiro atoms. The lowest BCUT2D eigenvalue weighted by atomic mass is 9.80. The van der Waals surface area contributed by atoms with Gasteiger partial charge >= 0.3 is 0 Å². The van der Waals surface area contributed by atoms with E-state index in [9.17, 15) is 0 Å². The summed E-state index contributed by atoms with van der Waals surface area (Å²) >= 11 is 0. The van der Waals surface area contributed by atoms with Gasteiger partial charge in [-0.3, -0.25) is 4.98 Å². The third-order valence-corrected chi connectivity index (χ3v) is 3.95. The van der Waals surface area contributed by atoms with Gasteiger partial charge in [0.15, 0.2) is 0 Å². The summed E-state index contributed by atoms with van der Waals surface area (Å²) in [5, 5.41) is 3.26. The Kier molecular flexibility index (Phi) is 4.45. The Morgan fingerprint density at radius 2 is 2.11 bits per heavy atom. The molecule has 1 saturated carbocycles. The number of nitrogens with zero attached hydrogens (tertiary/aromatic N) is 1. The zero-order chi connectivity index (χ0) is 13.0. The van der Waals surface area contributed by atoms with Crippen molar-refractivity contribution in [2.24, 2.45) is 11.8 Å². The molecule has 0 aliphatic heterocycles. The molecule has 3 unspecified atom stereocenters. The Hall–Kier alpha value is -1.25. The molecule has 3 heteroatoms. The van der Waals surface area contributed by atoms with Crippen LogP contribution in [0.1, 0.15) is 40.0 Å². The van der Waals surface area contributed by atoms with E-state index in [0.29, 0.717) is 6.10 Å². The van der Waals surface area contributed by atoms with Crippen molar-refractivity contribution < 1.29 is 4.74 Å². The number of anilines is 1. The molecular formula is C15H24N2O. The number of pyridine rings is 1. The lowest BCUT2D eigenvalue weighted by molar-refractivity contribution is 0.100. The minimum atomic E-state index is 0.356. The number of rotatable bonds is 4. The molecule has 1 aliphatic carbocycles. The van der Waals surface area contributed by atoms with Crippen LogP contribution >= 0.6 is 0 Å². The van der Waals surface area contributed by atoms with Crippen molar-refractivity contribution >= 4 is 5.69 Å². The smallest absolute Gasteiger partial charge is 0.140 e. The molecule has 100 valence electrons. The normalized spacial score (nSPS) is 27.8. The molecule has 0 radical (unpaired) electrons. The van der Waals surface area contributed by atoms with Crippen molar-refractivity contribution in [1.29, 1.82) is 0 Å². The van der Waals surface area contributed by atoms with Gasteiger partial charge in [-0.25, -0.2) is 0 Å². The third-order valence-electron chi connectivity index (χ3n) is 3.95. The molecular weight excluding hydrogens is 224 g/mol. The first-order valence-electron chi connectivity index (χ1n) is 7.04. The standard InChI is InChI=1S/C15H24N2O/c1-4-17-13-8-15(10-16-9-13)18-14-6-5-11(2)12(3)7-14/h8-12,14,17H,4-7H2,1-3H3. The summed E-state index contributed by atoms with van der Waals surface area (Å²) < 4.78 is 6.06. The zero-order valence-corrected chi connectivity index (χ0v) is 11.6. The Labute approximate surface area is 110 Å². The van der Waals surface area contributed by atoms with Crippen molar-refractivity contribution in [1.82, 2.24) is 4.98 Å². The third kappa shape index (κ3) is 3.37. The van der Waals surface area contributed by atoms with Crippen LogP contribution in [0.25, 0.3) is 0 Å².